The average molecular weight is 604 g/mol. The van der Waals surface area contributed by atoms with Crippen LogP contribution in [0.25, 0.3) is 21.9 Å². The first-order valence-corrected chi connectivity index (χ1v) is 15.9. The van der Waals surface area contributed by atoms with E-state index in [-0.39, 0.29) is 23.5 Å². The van der Waals surface area contributed by atoms with Crippen molar-refractivity contribution in [2.24, 2.45) is 0 Å². The van der Waals surface area contributed by atoms with E-state index in [1.165, 1.54) is 27.7 Å². The van der Waals surface area contributed by atoms with E-state index in [2.05, 4.69) is 54.8 Å². The molecule has 0 bridgehead atoms. The van der Waals surface area contributed by atoms with Gasteiger partial charge in [0, 0.05) is 31.4 Å². The highest BCUT2D eigenvalue weighted by Gasteiger charge is 2.25. The summed E-state index contributed by atoms with van der Waals surface area (Å²) in [6.45, 7) is 6.11. The first kappa shape index (κ1) is 32.2. The Balaban J connectivity index is 1.36. The molecule has 0 amide bonds. The summed E-state index contributed by atoms with van der Waals surface area (Å²) in [7, 11) is -2.39. The number of aliphatic carboxylic acids is 1. The van der Waals surface area contributed by atoms with Crippen LogP contribution in [0.1, 0.15) is 32.8 Å². The van der Waals surface area contributed by atoms with Crippen LogP contribution < -0.4 is 10.6 Å². The Labute approximate surface area is 254 Å². The normalized spacial score (nSPS) is 13.6. The maximum atomic E-state index is 13.4. The summed E-state index contributed by atoms with van der Waals surface area (Å²) < 4.78 is 28.0. The summed E-state index contributed by atoms with van der Waals surface area (Å²) in [6.07, 6.45) is 0.288. The van der Waals surface area contributed by atoms with Gasteiger partial charge in [-0.05, 0) is 78.4 Å². The van der Waals surface area contributed by atoms with Gasteiger partial charge >= 0.3 is 5.97 Å². The second-order valence-electron chi connectivity index (χ2n) is 11.6. The molecule has 43 heavy (non-hydrogen) atoms. The van der Waals surface area contributed by atoms with Crippen LogP contribution in [-0.4, -0.2) is 66.7 Å². The van der Waals surface area contributed by atoms with Crippen LogP contribution in [0.4, 0.5) is 5.69 Å². The lowest BCUT2D eigenvalue weighted by Gasteiger charge is -2.29. The molecule has 0 aromatic heterocycles. The zero-order valence-corrected chi connectivity index (χ0v) is 25.9. The first-order valence-electron chi connectivity index (χ1n) is 14.4. The highest BCUT2D eigenvalue weighted by atomic mass is 32.2. The van der Waals surface area contributed by atoms with Gasteiger partial charge in [0.1, 0.15) is 6.04 Å². The number of carbonyl (C=O) groups is 1. The van der Waals surface area contributed by atoms with Crippen molar-refractivity contribution in [3.63, 3.8) is 0 Å². The summed E-state index contributed by atoms with van der Waals surface area (Å²) in [6, 6.07) is 27.8. The van der Waals surface area contributed by atoms with E-state index in [4.69, 9.17) is 0 Å². The molecule has 0 aliphatic rings. The van der Waals surface area contributed by atoms with E-state index in [9.17, 15) is 23.4 Å². The number of benzene rings is 4. The van der Waals surface area contributed by atoms with Crippen molar-refractivity contribution in [2.45, 2.75) is 56.2 Å². The van der Waals surface area contributed by atoms with Gasteiger partial charge in [-0.15, -0.1) is 0 Å². The molecule has 0 saturated heterocycles. The van der Waals surface area contributed by atoms with Crippen molar-refractivity contribution in [1.29, 1.82) is 0 Å². The predicted molar refractivity (Wildman–Crippen MR) is 173 cm³/mol. The number of fused-ring (bicyclic) bond motifs is 1. The van der Waals surface area contributed by atoms with Gasteiger partial charge in [0.05, 0.1) is 11.0 Å². The molecular weight excluding hydrogens is 562 g/mol. The van der Waals surface area contributed by atoms with Gasteiger partial charge in [-0.25, -0.2) is 13.2 Å². The predicted octanol–water partition coefficient (Wildman–Crippen LogP) is 5.37. The molecule has 2 unspecified atom stereocenters. The molecule has 4 rings (SSSR count). The molecule has 0 radical (unpaired) electrons. The standard InChI is InChI=1S/C34H41N3O5S/c1-5-32(33(39)40)36-29-17-15-26(16-18-29)28-11-8-12-31(20-28)43(41,42)37(4)23-30(38)22-35-34(2,3)21-24-13-14-25-9-6-7-10-27(25)19-24/h6-20,30,32,35-36,38H,5,21-23H2,1-4H3,(H,39,40). The van der Waals surface area contributed by atoms with E-state index in [1.54, 1.807) is 37.3 Å². The highest BCUT2D eigenvalue weighted by molar-refractivity contribution is 7.89. The van der Waals surface area contributed by atoms with Crippen molar-refractivity contribution in [2.75, 3.05) is 25.5 Å². The minimum absolute atomic E-state index is 0.0614. The Morgan fingerprint density at radius 3 is 2.28 bits per heavy atom. The second kappa shape index (κ2) is 13.7. The Morgan fingerprint density at radius 1 is 0.907 bits per heavy atom. The van der Waals surface area contributed by atoms with E-state index < -0.39 is 28.1 Å². The van der Waals surface area contributed by atoms with Crippen LogP contribution in [0, 0.1) is 0 Å². The fourth-order valence-corrected chi connectivity index (χ4v) is 6.34. The van der Waals surface area contributed by atoms with Crippen LogP contribution in [0.5, 0.6) is 0 Å². The quantitative estimate of drug-likeness (QED) is 0.153. The smallest absolute Gasteiger partial charge is 0.326 e. The SMILES string of the molecule is CCC(Nc1ccc(-c2cccc(S(=O)(=O)N(C)CC(O)CNC(C)(C)Cc3ccc4ccccc4c3)c2)cc1)C(=O)O. The number of nitrogens with one attached hydrogen (secondary N) is 2. The molecular formula is C34H41N3O5S. The van der Waals surface area contributed by atoms with Crippen LogP contribution in [0.3, 0.4) is 0 Å². The van der Waals surface area contributed by atoms with E-state index in [0.29, 0.717) is 17.7 Å². The molecule has 0 heterocycles. The average Bonchev–Trinajstić information content (AvgIpc) is 2.99. The monoisotopic (exact) mass is 603 g/mol. The number of carboxylic acid groups (broad SMARTS) is 1. The lowest BCUT2D eigenvalue weighted by Crippen LogP contribution is -2.47. The Hall–Kier alpha value is -3.76. The van der Waals surface area contributed by atoms with Gasteiger partial charge in [-0.1, -0.05) is 73.7 Å². The molecule has 228 valence electrons. The van der Waals surface area contributed by atoms with Gasteiger partial charge in [-0.3, -0.25) is 0 Å². The molecule has 0 aliphatic heterocycles. The van der Waals surface area contributed by atoms with E-state index >= 15 is 0 Å². The fraction of sp³-hybridized carbons (Fsp3) is 0.324. The number of likely N-dealkylation sites (N-methyl/N-ethyl adjacent to an activating group) is 1. The maximum absolute atomic E-state index is 13.4. The van der Waals surface area contributed by atoms with Gasteiger partial charge in [0.25, 0.3) is 0 Å². The zero-order valence-electron chi connectivity index (χ0n) is 25.1. The van der Waals surface area contributed by atoms with Crippen LogP contribution in [0.15, 0.2) is 95.9 Å². The number of aliphatic hydroxyl groups excluding tert-OH is 1. The molecule has 4 aromatic rings. The lowest BCUT2D eigenvalue weighted by molar-refractivity contribution is -0.137. The van der Waals surface area contributed by atoms with E-state index in [1.807, 2.05) is 30.3 Å². The molecule has 0 spiro atoms. The number of nitrogens with zero attached hydrogens (tertiary/aromatic N) is 1. The number of hydrogen-bond acceptors (Lipinski definition) is 6. The molecule has 0 saturated carbocycles. The summed E-state index contributed by atoms with van der Waals surface area (Å²) in [4.78, 5) is 11.4. The van der Waals surface area contributed by atoms with Gasteiger partial charge in [0.2, 0.25) is 10.0 Å². The number of anilines is 1. The van der Waals surface area contributed by atoms with Crippen molar-refractivity contribution >= 4 is 32.5 Å². The summed E-state index contributed by atoms with van der Waals surface area (Å²) in [5.41, 5.74) is 3.05. The van der Waals surface area contributed by atoms with Crippen molar-refractivity contribution in [1.82, 2.24) is 9.62 Å². The molecule has 2 atom stereocenters. The number of carboxylic acids is 1. The highest BCUT2D eigenvalue weighted by Crippen LogP contribution is 2.26. The second-order valence-corrected chi connectivity index (χ2v) is 13.7. The number of β-amino-alcohol motifs (C(OH)–C–C–N with tert-alkyl or cyclic N) is 1. The number of rotatable bonds is 14. The number of aliphatic hydroxyl groups is 1. The van der Waals surface area contributed by atoms with Crippen LogP contribution in [-0.2, 0) is 21.2 Å². The summed E-state index contributed by atoms with van der Waals surface area (Å²) in [5, 5.41) is 28.8. The third-order valence-electron chi connectivity index (χ3n) is 7.55. The van der Waals surface area contributed by atoms with E-state index in [0.717, 1.165) is 12.0 Å². The maximum Gasteiger partial charge on any atom is 0.326 e. The molecule has 4 N–H and O–H groups in total. The molecule has 0 fully saturated rings. The first-order chi connectivity index (χ1) is 20.4. The molecule has 4 aromatic carbocycles. The summed E-state index contributed by atoms with van der Waals surface area (Å²) >= 11 is 0. The van der Waals surface area contributed by atoms with Gasteiger partial charge in [0.15, 0.2) is 0 Å². The Bertz CT molecular complexity index is 1650. The summed E-state index contributed by atoms with van der Waals surface area (Å²) in [5.74, 6) is -0.917. The molecule has 0 aliphatic carbocycles. The topological polar surface area (TPSA) is 119 Å². The molecule has 8 nitrogen and oxygen atoms in total. The van der Waals surface area contributed by atoms with Crippen molar-refractivity contribution in [3.05, 3.63) is 96.6 Å². The molecule has 9 heteroatoms. The Kier molecular flexibility index (Phi) is 10.2. The van der Waals surface area contributed by atoms with Crippen molar-refractivity contribution < 1.29 is 23.4 Å². The van der Waals surface area contributed by atoms with Crippen LogP contribution >= 0.6 is 0 Å². The zero-order chi connectivity index (χ0) is 31.2. The number of hydrogen-bond donors (Lipinski definition) is 4. The van der Waals surface area contributed by atoms with Gasteiger partial charge in [-0.2, -0.15) is 4.31 Å². The third-order valence-corrected chi connectivity index (χ3v) is 9.37. The lowest BCUT2D eigenvalue weighted by atomic mass is 9.93. The Morgan fingerprint density at radius 2 is 1.60 bits per heavy atom. The third kappa shape index (κ3) is 8.42. The largest absolute Gasteiger partial charge is 0.480 e. The van der Waals surface area contributed by atoms with Gasteiger partial charge < -0.3 is 20.8 Å². The number of sulfonamides is 1. The fourth-order valence-electron chi connectivity index (χ4n) is 5.09. The van der Waals surface area contributed by atoms with Crippen molar-refractivity contribution in [3.8, 4) is 11.1 Å². The van der Waals surface area contributed by atoms with Crippen LogP contribution in [0.2, 0.25) is 0 Å². The minimum atomic E-state index is -3.86. The minimum Gasteiger partial charge on any atom is -0.480 e.